The first kappa shape index (κ1) is 17.8. The summed E-state index contributed by atoms with van der Waals surface area (Å²) in [6.07, 6.45) is 0. The molecule has 3 heterocycles. The Labute approximate surface area is 171 Å². The molecule has 146 valence electrons. The van der Waals surface area contributed by atoms with Crippen LogP contribution in [-0.2, 0) is 6.54 Å². The number of benzene rings is 2. The van der Waals surface area contributed by atoms with Crippen molar-refractivity contribution >= 4 is 27.5 Å². The first-order valence-electron chi connectivity index (χ1n) is 9.29. The first-order chi connectivity index (χ1) is 14.1. The zero-order valence-corrected chi connectivity index (χ0v) is 16.9. The van der Waals surface area contributed by atoms with E-state index < -0.39 is 0 Å². The van der Waals surface area contributed by atoms with Gasteiger partial charge in [0.25, 0.3) is 5.91 Å². The van der Waals surface area contributed by atoms with Gasteiger partial charge in [-0.3, -0.25) is 4.79 Å². The van der Waals surface area contributed by atoms with Crippen molar-refractivity contribution in [1.29, 1.82) is 0 Å². The molecule has 0 saturated heterocycles. The molecule has 0 saturated carbocycles. The van der Waals surface area contributed by atoms with E-state index in [2.05, 4.69) is 5.10 Å². The number of hydrogen-bond acceptors (Lipinski definition) is 5. The third-order valence-electron chi connectivity index (χ3n) is 4.96. The number of aryl methyl sites for hydroxylation is 1. The molecule has 0 atom stereocenters. The molecular weight excluding hydrogens is 386 g/mol. The molecule has 0 spiro atoms. The Balaban J connectivity index is 1.42. The monoisotopic (exact) mass is 405 g/mol. The van der Waals surface area contributed by atoms with Crippen LogP contribution in [0.5, 0.6) is 11.5 Å². The summed E-state index contributed by atoms with van der Waals surface area (Å²) in [7, 11) is 1.81. The van der Waals surface area contributed by atoms with Crippen LogP contribution in [0, 0.1) is 6.92 Å². The van der Waals surface area contributed by atoms with Gasteiger partial charge in [-0.1, -0.05) is 24.3 Å². The van der Waals surface area contributed by atoms with E-state index in [4.69, 9.17) is 9.47 Å². The number of nitrogens with zero attached hydrogens (tertiary/aromatic N) is 3. The summed E-state index contributed by atoms with van der Waals surface area (Å²) in [6, 6.07) is 17.7. The lowest BCUT2D eigenvalue weighted by Crippen LogP contribution is -2.25. The minimum absolute atomic E-state index is 0.0112. The molecule has 6 nitrogen and oxygen atoms in total. The van der Waals surface area contributed by atoms with Crippen LogP contribution in [-0.4, -0.2) is 34.4 Å². The van der Waals surface area contributed by atoms with Crippen LogP contribution in [0.15, 0.2) is 54.6 Å². The summed E-state index contributed by atoms with van der Waals surface area (Å²) in [5.41, 5.74) is 2.90. The molecule has 2 aromatic carbocycles. The highest BCUT2D eigenvalue weighted by atomic mass is 32.1. The minimum Gasteiger partial charge on any atom is -0.454 e. The second-order valence-corrected chi connectivity index (χ2v) is 8.04. The van der Waals surface area contributed by atoms with Gasteiger partial charge in [0.2, 0.25) is 6.79 Å². The molecule has 0 radical (unpaired) electrons. The Hall–Kier alpha value is -3.32. The van der Waals surface area contributed by atoms with Crippen molar-refractivity contribution in [3.05, 3.63) is 70.7 Å². The van der Waals surface area contributed by atoms with Crippen LogP contribution in [0.2, 0.25) is 0 Å². The number of carbonyl (C=O) groups is 1. The number of rotatable bonds is 4. The van der Waals surface area contributed by atoms with Gasteiger partial charge >= 0.3 is 0 Å². The van der Waals surface area contributed by atoms with Gasteiger partial charge in [-0.05, 0) is 42.8 Å². The number of para-hydroxylation sites is 1. The van der Waals surface area contributed by atoms with E-state index >= 15 is 0 Å². The Morgan fingerprint density at radius 1 is 1.14 bits per heavy atom. The third kappa shape index (κ3) is 3.13. The Kier molecular flexibility index (Phi) is 4.24. The van der Waals surface area contributed by atoms with Gasteiger partial charge in [-0.15, -0.1) is 11.3 Å². The Morgan fingerprint density at radius 2 is 1.93 bits per heavy atom. The summed E-state index contributed by atoms with van der Waals surface area (Å²) >= 11 is 1.47. The lowest BCUT2D eigenvalue weighted by Gasteiger charge is -2.16. The summed E-state index contributed by atoms with van der Waals surface area (Å²) in [5, 5.41) is 5.66. The van der Waals surface area contributed by atoms with Crippen LogP contribution in [0.1, 0.15) is 20.9 Å². The molecule has 2 aromatic heterocycles. The number of ether oxygens (including phenoxy) is 2. The summed E-state index contributed by atoms with van der Waals surface area (Å²) in [5.74, 6) is 1.46. The number of aromatic nitrogens is 2. The van der Waals surface area contributed by atoms with Crippen LogP contribution < -0.4 is 9.47 Å². The molecule has 1 amide bonds. The first-order valence-corrected chi connectivity index (χ1v) is 10.1. The normalized spacial score (nSPS) is 12.5. The number of thiophene rings is 1. The molecule has 1 aliphatic rings. The number of fused-ring (bicyclic) bond motifs is 2. The predicted molar refractivity (Wildman–Crippen MR) is 112 cm³/mol. The van der Waals surface area contributed by atoms with Gasteiger partial charge in [0.15, 0.2) is 11.5 Å². The van der Waals surface area contributed by atoms with Gasteiger partial charge in [0.05, 0.1) is 16.3 Å². The lowest BCUT2D eigenvalue weighted by atomic mass is 10.2. The second-order valence-electron chi connectivity index (χ2n) is 7.01. The second kappa shape index (κ2) is 6.93. The molecule has 0 N–H and O–H groups in total. The molecule has 29 heavy (non-hydrogen) atoms. The molecule has 0 fully saturated rings. The summed E-state index contributed by atoms with van der Waals surface area (Å²) < 4.78 is 12.7. The summed E-state index contributed by atoms with van der Waals surface area (Å²) in [6.45, 7) is 2.71. The molecule has 5 rings (SSSR count). The molecule has 0 bridgehead atoms. The molecule has 1 aliphatic heterocycles. The SMILES string of the molecule is Cc1nn(-c2ccccc2)c2sc(C(=O)N(C)Cc3ccc4c(c3)OCO4)cc12. The van der Waals surface area contributed by atoms with Crippen LogP contribution in [0.3, 0.4) is 0 Å². The van der Waals surface area contributed by atoms with E-state index in [1.54, 1.807) is 4.90 Å². The smallest absolute Gasteiger partial charge is 0.264 e. The van der Waals surface area contributed by atoms with Crippen LogP contribution in [0.4, 0.5) is 0 Å². The average Bonchev–Trinajstić information content (AvgIpc) is 3.44. The molecule has 7 heteroatoms. The molecule has 0 unspecified atom stereocenters. The maximum atomic E-state index is 13.1. The third-order valence-corrected chi connectivity index (χ3v) is 6.06. The largest absolute Gasteiger partial charge is 0.454 e. The van der Waals surface area contributed by atoms with E-state index in [0.29, 0.717) is 11.4 Å². The number of amides is 1. The van der Waals surface area contributed by atoms with Crippen LogP contribution in [0.25, 0.3) is 15.9 Å². The van der Waals surface area contributed by atoms with Gasteiger partial charge in [-0.25, -0.2) is 4.68 Å². The van der Waals surface area contributed by atoms with E-state index in [9.17, 15) is 4.79 Å². The van der Waals surface area contributed by atoms with E-state index in [1.807, 2.05) is 73.3 Å². The maximum absolute atomic E-state index is 13.1. The van der Waals surface area contributed by atoms with Crippen molar-refractivity contribution in [2.45, 2.75) is 13.5 Å². The van der Waals surface area contributed by atoms with Crippen molar-refractivity contribution in [1.82, 2.24) is 14.7 Å². The van der Waals surface area contributed by atoms with Crippen molar-refractivity contribution in [2.75, 3.05) is 13.8 Å². The molecular formula is C22H19N3O3S. The van der Waals surface area contributed by atoms with Crippen LogP contribution >= 0.6 is 11.3 Å². The molecule has 0 aliphatic carbocycles. The van der Waals surface area contributed by atoms with E-state index in [0.717, 1.165) is 38.7 Å². The van der Waals surface area contributed by atoms with Gasteiger partial charge < -0.3 is 14.4 Å². The van der Waals surface area contributed by atoms with Crippen molar-refractivity contribution in [3.63, 3.8) is 0 Å². The van der Waals surface area contributed by atoms with Crippen molar-refractivity contribution in [2.24, 2.45) is 0 Å². The highest BCUT2D eigenvalue weighted by Gasteiger charge is 2.20. The zero-order chi connectivity index (χ0) is 20.0. The highest BCUT2D eigenvalue weighted by Crippen LogP contribution is 2.34. The maximum Gasteiger partial charge on any atom is 0.264 e. The highest BCUT2D eigenvalue weighted by molar-refractivity contribution is 7.20. The standard InChI is InChI=1S/C22H19N3O3S/c1-14-17-11-20(29-22(17)25(23-14)16-6-4-3-5-7-16)21(26)24(2)12-15-8-9-18-19(10-15)28-13-27-18/h3-11H,12-13H2,1-2H3. The van der Waals surface area contributed by atoms with E-state index in [-0.39, 0.29) is 12.7 Å². The number of hydrogen-bond donors (Lipinski definition) is 0. The molecule has 4 aromatic rings. The average molecular weight is 405 g/mol. The Morgan fingerprint density at radius 3 is 2.76 bits per heavy atom. The van der Waals surface area contributed by atoms with Gasteiger partial charge in [0.1, 0.15) is 4.83 Å². The van der Waals surface area contributed by atoms with Gasteiger partial charge in [-0.2, -0.15) is 5.10 Å². The fourth-order valence-electron chi connectivity index (χ4n) is 3.47. The quantitative estimate of drug-likeness (QED) is 0.505. The Bertz CT molecular complexity index is 1210. The number of carbonyl (C=O) groups excluding carboxylic acids is 1. The predicted octanol–water partition coefficient (Wildman–Crippen LogP) is 4.40. The zero-order valence-electron chi connectivity index (χ0n) is 16.1. The van der Waals surface area contributed by atoms with Gasteiger partial charge in [0, 0.05) is 19.0 Å². The van der Waals surface area contributed by atoms with E-state index in [1.165, 1.54) is 11.3 Å². The fraction of sp³-hybridized carbons (Fsp3) is 0.182. The van der Waals surface area contributed by atoms with Crippen molar-refractivity contribution in [3.8, 4) is 17.2 Å². The fourth-order valence-corrected chi connectivity index (χ4v) is 4.65. The minimum atomic E-state index is -0.0112. The summed E-state index contributed by atoms with van der Waals surface area (Å²) in [4.78, 5) is 16.5. The lowest BCUT2D eigenvalue weighted by molar-refractivity contribution is 0.0790. The topological polar surface area (TPSA) is 56.6 Å². The van der Waals surface area contributed by atoms with Crippen molar-refractivity contribution < 1.29 is 14.3 Å².